The molecule has 4 aliphatic rings. The van der Waals surface area contributed by atoms with Crippen molar-refractivity contribution in [3.63, 3.8) is 0 Å². The van der Waals surface area contributed by atoms with E-state index in [9.17, 15) is 35.4 Å². The SMILES string of the molecule is O=C1c2ccccc2[C@@]2(O)O[C@H]3Cc4c(O)cc(O)c(c4OC3c3ccc(O)c(O)c3)[C@@]12O. The van der Waals surface area contributed by atoms with Crippen molar-refractivity contribution in [1.29, 1.82) is 0 Å². The first kappa shape index (κ1) is 19.9. The molecule has 0 radical (unpaired) electrons. The Morgan fingerprint density at radius 2 is 1.64 bits per heavy atom. The van der Waals surface area contributed by atoms with E-state index in [1.165, 1.54) is 30.3 Å². The molecule has 1 aliphatic carbocycles. The van der Waals surface area contributed by atoms with Crippen LogP contribution < -0.4 is 4.74 Å². The lowest BCUT2D eigenvalue weighted by molar-refractivity contribution is -0.325. The number of ether oxygens (including phenoxy) is 2. The van der Waals surface area contributed by atoms with Crippen molar-refractivity contribution >= 4 is 5.78 Å². The Kier molecular flexibility index (Phi) is 3.71. The second kappa shape index (κ2) is 6.16. The summed E-state index contributed by atoms with van der Waals surface area (Å²) < 4.78 is 12.1. The van der Waals surface area contributed by atoms with Crippen LogP contribution in [0.2, 0.25) is 0 Å². The number of phenolic OH excluding ortho intramolecular Hbond substituents is 4. The number of hydrogen-bond acceptors (Lipinski definition) is 9. The fourth-order valence-corrected chi connectivity index (χ4v) is 5.14. The Bertz CT molecular complexity index is 1370. The van der Waals surface area contributed by atoms with Gasteiger partial charge in [0.15, 0.2) is 17.6 Å². The van der Waals surface area contributed by atoms with Crippen LogP contribution in [0.5, 0.6) is 28.7 Å². The van der Waals surface area contributed by atoms with Crippen molar-refractivity contribution in [2.45, 2.75) is 30.0 Å². The summed E-state index contributed by atoms with van der Waals surface area (Å²) in [6.45, 7) is 0. The maximum atomic E-state index is 13.4. The minimum atomic E-state index is -2.75. The Balaban J connectivity index is 1.66. The molecule has 0 amide bonds. The summed E-state index contributed by atoms with van der Waals surface area (Å²) in [6, 6.07) is 11.0. The van der Waals surface area contributed by atoms with Gasteiger partial charge in [-0.25, -0.2) is 0 Å². The molecule has 9 nitrogen and oxygen atoms in total. The molecule has 168 valence electrons. The van der Waals surface area contributed by atoms with Gasteiger partial charge in [-0.2, -0.15) is 0 Å². The monoisotopic (exact) mass is 450 g/mol. The molecule has 6 N–H and O–H groups in total. The summed E-state index contributed by atoms with van der Waals surface area (Å²) in [5.41, 5.74) is -2.58. The van der Waals surface area contributed by atoms with Crippen molar-refractivity contribution < 1.29 is 44.9 Å². The van der Waals surface area contributed by atoms with Crippen LogP contribution in [-0.2, 0) is 22.5 Å². The average Bonchev–Trinajstić information content (AvgIpc) is 2.94. The number of carbonyl (C=O) groups excluding carboxylic acids is 1. The fraction of sp³-hybridized carbons (Fsp3) is 0.208. The minimum Gasteiger partial charge on any atom is -0.507 e. The molecule has 33 heavy (non-hydrogen) atoms. The number of rotatable bonds is 1. The van der Waals surface area contributed by atoms with E-state index >= 15 is 0 Å². The van der Waals surface area contributed by atoms with E-state index in [1.54, 1.807) is 12.1 Å². The third-order valence-corrected chi connectivity index (χ3v) is 6.70. The molecule has 4 atom stereocenters. The third kappa shape index (κ3) is 2.28. The van der Waals surface area contributed by atoms with Crippen molar-refractivity contribution in [1.82, 2.24) is 0 Å². The van der Waals surface area contributed by atoms with Crippen LogP contribution >= 0.6 is 0 Å². The van der Waals surface area contributed by atoms with E-state index in [1.807, 2.05) is 0 Å². The molecule has 4 bridgehead atoms. The van der Waals surface area contributed by atoms with Crippen molar-refractivity contribution in [2.24, 2.45) is 0 Å². The van der Waals surface area contributed by atoms with Crippen LogP contribution in [0, 0.1) is 0 Å². The Hall–Kier alpha value is -3.79. The number of hydrogen-bond donors (Lipinski definition) is 6. The van der Waals surface area contributed by atoms with Crippen molar-refractivity contribution in [2.75, 3.05) is 0 Å². The Labute approximate surface area is 186 Å². The lowest BCUT2D eigenvalue weighted by atomic mass is 9.78. The van der Waals surface area contributed by atoms with E-state index < -0.39 is 46.4 Å². The predicted molar refractivity (Wildman–Crippen MR) is 110 cm³/mol. The van der Waals surface area contributed by atoms with Crippen molar-refractivity contribution in [3.8, 4) is 28.7 Å². The molecule has 0 aromatic heterocycles. The second-order valence-electron chi connectivity index (χ2n) is 8.47. The van der Waals surface area contributed by atoms with Gasteiger partial charge in [-0.15, -0.1) is 0 Å². The molecule has 1 unspecified atom stereocenters. The van der Waals surface area contributed by atoms with Crippen molar-refractivity contribution in [3.05, 3.63) is 76.3 Å². The smallest absolute Gasteiger partial charge is 0.236 e. The van der Waals surface area contributed by atoms with Gasteiger partial charge in [0, 0.05) is 29.2 Å². The third-order valence-electron chi connectivity index (χ3n) is 6.70. The van der Waals surface area contributed by atoms with Crippen LogP contribution in [0.25, 0.3) is 0 Å². The maximum absolute atomic E-state index is 13.4. The summed E-state index contributed by atoms with van der Waals surface area (Å²) in [4.78, 5) is 13.4. The Morgan fingerprint density at radius 1 is 0.879 bits per heavy atom. The summed E-state index contributed by atoms with van der Waals surface area (Å²) >= 11 is 0. The number of aromatic hydroxyl groups is 4. The topological polar surface area (TPSA) is 157 Å². The van der Waals surface area contributed by atoms with Gasteiger partial charge in [-0.3, -0.25) is 4.79 Å². The first-order chi connectivity index (χ1) is 15.7. The number of ketones is 1. The van der Waals surface area contributed by atoms with Crippen LogP contribution in [0.3, 0.4) is 0 Å². The largest absolute Gasteiger partial charge is 0.507 e. The van der Waals surface area contributed by atoms with Gasteiger partial charge in [0.05, 0.1) is 5.56 Å². The minimum absolute atomic E-state index is 0.00447. The fourth-order valence-electron chi connectivity index (χ4n) is 5.14. The number of fused-ring (bicyclic) bond motifs is 2. The van der Waals surface area contributed by atoms with Crippen LogP contribution in [-0.4, -0.2) is 42.5 Å². The first-order valence-electron chi connectivity index (χ1n) is 10.2. The van der Waals surface area contributed by atoms with Gasteiger partial charge in [0.25, 0.3) is 0 Å². The van der Waals surface area contributed by atoms with Gasteiger partial charge in [-0.05, 0) is 17.7 Å². The summed E-state index contributed by atoms with van der Waals surface area (Å²) in [7, 11) is 0. The van der Waals surface area contributed by atoms with E-state index in [0.717, 1.165) is 6.07 Å². The van der Waals surface area contributed by atoms with Crippen LogP contribution in [0.1, 0.15) is 38.7 Å². The van der Waals surface area contributed by atoms with Gasteiger partial charge in [0.2, 0.25) is 17.2 Å². The molecule has 3 aromatic carbocycles. The lowest BCUT2D eigenvalue weighted by Crippen LogP contribution is -2.56. The molecule has 3 heterocycles. The zero-order valence-corrected chi connectivity index (χ0v) is 16.9. The molecule has 9 heteroatoms. The van der Waals surface area contributed by atoms with E-state index in [2.05, 4.69) is 0 Å². The average molecular weight is 450 g/mol. The number of Topliss-reactive ketones (excluding diaryl/α,β-unsaturated/α-hetero) is 1. The van der Waals surface area contributed by atoms with E-state index in [0.29, 0.717) is 5.56 Å². The first-order valence-corrected chi connectivity index (χ1v) is 10.2. The molecule has 0 spiro atoms. The molecule has 0 saturated heterocycles. The highest BCUT2D eigenvalue weighted by Crippen LogP contribution is 2.61. The molecular formula is C24H18O9. The predicted octanol–water partition coefficient (Wildman–Crippen LogP) is 1.81. The summed E-state index contributed by atoms with van der Waals surface area (Å²) in [5.74, 6) is -5.38. The van der Waals surface area contributed by atoms with Gasteiger partial charge >= 0.3 is 0 Å². The number of phenols is 4. The summed E-state index contributed by atoms with van der Waals surface area (Å²) in [6.07, 6.45) is -2.03. The molecule has 3 aliphatic heterocycles. The molecule has 7 rings (SSSR count). The Morgan fingerprint density at radius 3 is 2.39 bits per heavy atom. The molecule has 0 fully saturated rings. The number of aliphatic hydroxyl groups is 2. The highest BCUT2D eigenvalue weighted by atomic mass is 16.7. The number of benzene rings is 3. The number of carbonyl (C=O) groups is 1. The zero-order chi connectivity index (χ0) is 23.3. The molecular weight excluding hydrogens is 432 g/mol. The zero-order valence-electron chi connectivity index (χ0n) is 16.9. The standard InChI is InChI=1S/C24H18O9/c25-14-6-5-10(7-16(14)27)20-18-8-12-15(26)9-17(28)19(21(12)32-20)23(30)22(29)11-3-1-2-4-13(11)24(23,31)33-18/h1-7,9,18,20,25-28,30-31H,8H2/t18-,20?,23+,24+/m0/s1. The lowest BCUT2D eigenvalue weighted by Gasteiger charge is -2.47. The van der Waals surface area contributed by atoms with Gasteiger partial charge in [-0.1, -0.05) is 30.3 Å². The highest BCUT2D eigenvalue weighted by Gasteiger charge is 2.69. The van der Waals surface area contributed by atoms with Crippen LogP contribution in [0.4, 0.5) is 0 Å². The quantitative estimate of drug-likeness (QED) is 0.304. The second-order valence-corrected chi connectivity index (χ2v) is 8.47. The van der Waals surface area contributed by atoms with Crippen LogP contribution in [0.15, 0.2) is 48.5 Å². The highest BCUT2D eigenvalue weighted by molar-refractivity contribution is 6.09. The maximum Gasteiger partial charge on any atom is 0.236 e. The van der Waals surface area contributed by atoms with E-state index in [-0.39, 0.29) is 40.4 Å². The molecule has 0 saturated carbocycles. The normalized spacial score (nSPS) is 29.1. The summed E-state index contributed by atoms with van der Waals surface area (Å²) in [5, 5.41) is 64.5. The van der Waals surface area contributed by atoms with Gasteiger partial charge in [0.1, 0.15) is 23.4 Å². The van der Waals surface area contributed by atoms with E-state index in [4.69, 9.17) is 9.47 Å². The van der Waals surface area contributed by atoms with Gasteiger partial charge < -0.3 is 40.1 Å². The molecule has 3 aromatic rings.